The number of hydrogen-bond donors (Lipinski definition) is 1. The number of hydrogen-bond acceptors (Lipinski definition) is 3. The topological polar surface area (TPSA) is 38.0 Å². The number of thiophene rings is 1. The van der Waals surface area contributed by atoms with Gasteiger partial charge in [-0.2, -0.15) is 5.10 Å². The summed E-state index contributed by atoms with van der Waals surface area (Å²) in [7, 11) is 0. The Hall–Kier alpha value is -2.24. The van der Waals surface area contributed by atoms with E-state index in [-0.39, 0.29) is 11.2 Å². The molecule has 2 atom stereocenters. The van der Waals surface area contributed by atoms with E-state index in [1.807, 2.05) is 23.2 Å². The Balaban J connectivity index is 1.64. The molecule has 1 N–H and O–H groups in total. The molecule has 0 bridgehead atoms. The van der Waals surface area contributed by atoms with Gasteiger partial charge in [0.15, 0.2) is 0 Å². The Morgan fingerprint density at radius 3 is 2.67 bits per heavy atom. The van der Waals surface area contributed by atoms with Gasteiger partial charge in [-0.3, -0.25) is 0 Å². The van der Waals surface area contributed by atoms with Crippen LogP contribution in [-0.4, -0.2) is 14.9 Å². The van der Waals surface area contributed by atoms with E-state index < -0.39 is 6.10 Å². The first-order valence-corrected chi connectivity index (χ1v) is 9.99. The van der Waals surface area contributed by atoms with Crippen LogP contribution in [0, 0.1) is 18.2 Å². The Labute approximate surface area is 162 Å². The number of fused-ring (bicyclic) bond motifs is 1. The molecular formula is C22H23FN2OS. The first-order chi connectivity index (χ1) is 12.9. The number of benzene rings is 1. The van der Waals surface area contributed by atoms with Crippen LogP contribution in [0.3, 0.4) is 0 Å². The van der Waals surface area contributed by atoms with Crippen molar-refractivity contribution in [3.05, 3.63) is 75.0 Å². The van der Waals surface area contributed by atoms with Gasteiger partial charge in [0.2, 0.25) is 0 Å². The molecule has 0 spiro atoms. The molecule has 0 aliphatic heterocycles. The third-order valence-electron chi connectivity index (χ3n) is 5.69. The van der Waals surface area contributed by atoms with Gasteiger partial charge in [0.05, 0.1) is 23.7 Å². The lowest BCUT2D eigenvalue weighted by molar-refractivity contribution is 0.123. The van der Waals surface area contributed by atoms with Crippen molar-refractivity contribution in [1.29, 1.82) is 0 Å². The molecule has 0 amide bonds. The number of allylic oxidation sites excluding steroid dienone is 1. The minimum Gasteiger partial charge on any atom is -0.388 e. The fourth-order valence-corrected chi connectivity index (χ4v) is 4.80. The number of aliphatic hydroxyl groups excluding tert-OH is 1. The molecule has 0 fully saturated rings. The number of aromatic nitrogens is 2. The van der Waals surface area contributed by atoms with Crippen LogP contribution in [0.5, 0.6) is 0 Å². The Kier molecular flexibility index (Phi) is 4.52. The van der Waals surface area contributed by atoms with Crippen molar-refractivity contribution in [2.24, 2.45) is 5.41 Å². The zero-order chi connectivity index (χ0) is 19.2. The van der Waals surface area contributed by atoms with Crippen molar-refractivity contribution in [2.45, 2.75) is 39.7 Å². The second kappa shape index (κ2) is 6.73. The average molecular weight is 383 g/mol. The molecule has 0 radical (unpaired) electrons. The summed E-state index contributed by atoms with van der Waals surface area (Å²) in [6.45, 7) is 6.38. The van der Waals surface area contributed by atoms with Crippen molar-refractivity contribution in [2.75, 3.05) is 0 Å². The van der Waals surface area contributed by atoms with Gasteiger partial charge >= 0.3 is 0 Å². The molecule has 0 saturated carbocycles. The van der Waals surface area contributed by atoms with Gasteiger partial charge < -0.3 is 5.11 Å². The zero-order valence-electron chi connectivity index (χ0n) is 15.7. The van der Waals surface area contributed by atoms with Crippen LogP contribution < -0.4 is 0 Å². The zero-order valence-corrected chi connectivity index (χ0v) is 16.6. The van der Waals surface area contributed by atoms with E-state index in [2.05, 4.69) is 31.1 Å². The lowest BCUT2D eigenvalue weighted by Gasteiger charge is -2.35. The number of aryl methyl sites for hydroxylation is 1. The van der Waals surface area contributed by atoms with Crippen LogP contribution >= 0.6 is 11.3 Å². The largest absolute Gasteiger partial charge is 0.388 e. The monoisotopic (exact) mass is 382 g/mol. The third kappa shape index (κ3) is 3.26. The fraction of sp³-hybridized carbons (Fsp3) is 0.318. The van der Waals surface area contributed by atoms with E-state index >= 15 is 0 Å². The van der Waals surface area contributed by atoms with E-state index in [1.165, 1.54) is 17.7 Å². The van der Waals surface area contributed by atoms with Crippen LogP contribution in [0.15, 0.2) is 47.5 Å². The summed E-state index contributed by atoms with van der Waals surface area (Å²) in [5, 5.41) is 17.4. The minimum absolute atomic E-state index is 0.125. The summed E-state index contributed by atoms with van der Waals surface area (Å²) >= 11 is 1.62. The quantitative estimate of drug-likeness (QED) is 0.650. The van der Waals surface area contributed by atoms with Gasteiger partial charge in [0.1, 0.15) is 5.82 Å². The molecule has 5 heteroatoms. The lowest BCUT2D eigenvalue weighted by Crippen LogP contribution is -2.27. The van der Waals surface area contributed by atoms with Crippen LogP contribution in [0.4, 0.5) is 4.39 Å². The number of rotatable bonds is 4. The highest BCUT2D eigenvalue weighted by atomic mass is 32.1. The molecule has 3 aromatic rings. The van der Waals surface area contributed by atoms with Crippen molar-refractivity contribution in [3.8, 4) is 5.69 Å². The predicted molar refractivity (Wildman–Crippen MR) is 108 cm³/mol. The molecule has 140 valence electrons. The van der Waals surface area contributed by atoms with E-state index in [0.717, 1.165) is 33.8 Å². The summed E-state index contributed by atoms with van der Waals surface area (Å²) in [5.41, 5.74) is 5.30. The standard InChI is InChI=1S/C22H23FN2OS/c1-14-8-9-27-21(14)20(26)12-22(3)11-16-13-24-25(19(16)10-15(22)2)18-6-4-17(23)5-7-18/h4-10,13,20,26H,11-12H2,1-3H3. The van der Waals surface area contributed by atoms with Crippen molar-refractivity contribution in [3.63, 3.8) is 0 Å². The molecule has 0 saturated heterocycles. The van der Waals surface area contributed by atoms with Crippen LogP contribution in [-0.2, 0) is 6.42 Å². The van der Waals surface area contributed by atoms with Crippen molar-refractivity contribution in [1.82, 2.24) is 9.78 Å². The number of halogens is 1. The third-order valence-corrected chi connectivity index (χ3v) is 6.81. The molecule has 4 rings (SSSR count). The average Bonchev–Trinajstić information content (AvgIpc) is 3.22. The molecule has 1 aliphatic rings. The van der Waals surface area contributed by atoms with E-state index in [1.54, 1.807) is 23.5 Å². The van der Waals surface area contributed by atoms with Crippen LogP contribution in [0.1, 0.15) is 48.1 Å². The lowest BCUT2D eigenvalue weighted by atomic mass is 9.70. The van der Waals surface area contributed by atoms with Crippen molar-refractivity contribution < 1.29 is 9.50 Å². The Morgan fingerprint density at radius 1 is 1.26 bits per heavy atom. The normalized spacial score (nSPS) is 20.3. The minimum atomic E-state index is -0.466. The Bertz CT molecular complexity index is 1000. The molecule has 27 heavy (non-hydrogen) atoms. The highest BCUT2D eigenvalue weighted by Crippen LogP contribution is 2.45. The second-order valence-corrected chi connectivity index (χ2v) is 8.64. The highest BCUT2D eigenvalue weighted by Gasteiger charge is 2.35. The summed E-state index contributed by atoms with van der Waals surface area (Å²) in [5.74, 6) is -0.253. The van der Waals surface area contributed by atoms with Gasteiger partial charge in [-0.05, 0) is 85.0 Å². The highest BCUT2D eigenvalue weighted by molar-refractivity contribution is 7.10. The summed E-state index contributed by atoms with van der Waals surface area (Å²) in [6, 6.07) is 8.44. The maximum atomic E-state index is 13.2. The number of aliphatic hydroxyl groups is 1. The number of nitrogens with zero attached hydrogens (tertiary/aromatic N) is 2. The molecule has 1 aromatic carbocycles. The van der Waals surface area contributed by atoms with Gasteiger partial charge in [-0.15, -0.1) is 11.3 Å². The maximum Gasteiger partial charge on any atom is 0.123 e. The first-order valence-electron chi connectivity index (χ1n) is 9.11. The van der Waals surface area contributed by atoms with Gasteiger partial charge in [0, 0.05) is 4.88 Å². The maximum absolute atomic E-state index is 13.2. The summed E-state index contributed by atoms with van der Waals surface area (Å²) in [6.07, 6.45) is 5.09. The molecule has 1 aliphatic carbocycles. The fourth-order valence-electron chi connectivity index (χ4n) is 3.89. The van der Waals surface area contributed by atoms with E-state index in [0.29, 0.717) is 6.42 Å². The Morgan fingerprint density at radius 2 is 2.00 bits per heavy atom. The van der Waals surface area contributed by atoms with Crippen LogP contribution in [0.2, 0.25) is 0 Å². The second-order valence-electron chi connectivity index (χ2n) is 7.70. The van der Waals surface area contributed by atoms with E-state index in [4.69, 9.17) is 0 Å². The molecule has 2 heterocycles. The van der Waals surface area contributed by atoms with Crippen LogP contribution in [0.25, 0.3) is 11.8 Å². The van der Waals surface area contributed by atoms with Gasteiger partial charge in [0.25, 0.3) is 0 Å². The SMILES string of the molecule is CC1=Cc2c(cnn2-c2ccc(F)cc2)CC1(C)CC(O)c1sccc1C. The van der Waals surface area contributed by atoms with Crippen molar-refractivity contribution >= 4 is 17.4 Å². The molecule has 2 aromatic heterocycles. The predicted octanol–water partition coefficient (Wildman–Crippen LogP) is 5.47. The molecule has 2 unspecified atom stereocenters. The van der Waals surface area contributed by atoms with E-state index in [9.17, 15) is 9.50 Å². The molecular weight excluding hydrogens is 359 g/mol. The summed E-state index contributed by atoms with van der Waals surface area (Å²) < 4.78 is 15.1. The first kappa shape index (κ1) is 18.1. The smallest absolute Gasteiger partial charge is 0.123 e. The summed E-state index contributed by atoms with van der Waals surface area (Å²) in [4.78, 5) is 1.05. The van der Waals surface area contributed by atoms with Gasteiger partial charge in [-0.1, -0.05) is 12.5 Å². The van der Waals surface area contributed by atoms with Gasteiger partial charge in [-0.25, -0.2) is 9.07 Å². The molecule has 3 nitrogen and oxygen atoms in total.